The quantitative estimate of drug-likeness (QED) is 0.138. The predicted molar refractivity (Wildman–Crippen MR) is 413 cm³/mol. The van der Waals surface area contributed by atoms with Crippen LogP contribution in [0.1, 0.15) is 45.4 Å². The molecule has 0 saturated heterocycles. The molecule has 0 spiro atoms. The molecule has 0 bridgehead atoms. The van der Waals surface area contributed by atoms with Crippen molar-refractivity contribution in [1.82, 2.24) is 90.9 Å². The van der Waals surface area contributed by atoms with Crippen molar-refractivity contribution in [3.05, 3.63) is 375 Å². The Labute approximate surface area is 607 Å². The highest BCUT2D eigenvalue weighted by Crippen LogP contribution is 2.29. The largest absolute Gasteiger partial charge is 0.256 e. The van der Waals surface area contributed by atoms with Crippen LogP contribution in [0.5, 0.6) is 0 Å². The number of aromatic nitrogens is 18. The first kappa shape index (κ1) is 74.5. The maximum atomic E-state index is 4.77. The van der Waals surface area contributed by atoms with Gasteiger partial charge in [0.15, 0.2) is 0 Å². The summed E-state index contributed by atoms with van der Waals surface area (Å²) in [5, 5.41) is 31.8. The van der Waals surface area contributed by atoms with Gasteiger partial charge in [0.2, 0.25) is 0 Å². The zero-order valence-electron chi connectivity index (χ0n) is 59.2. The second kappa shape index (κ2) is 41.0. The number of hydrogen-bond donors (Lipinski definition) is 0. The van der Waals surface area contributed by atoms with Gasteiger partial charge in [0.05, 0.1) is 82.2 Å². The van der Waals surface area contributed by atoms with E-state index in [1.165, 1.54) is 34.9 Å². The topological polar surface area (TPSA) is 232 Å². The zero-order chi connectivity index (χ0) is 72.8. The van der Waals surface area contributed by atoms with Crippen molar-refractivity contribution in [2.75, 3.05) is 0 Å². The summed E-state index contributed by atoms with van der Waals surface area (Å²) >= 11 is 0. The molecule has 0 saturated carbocycles. The number of pyridine rings is 4. The Balaban J connectivity index is 0.000000143. The standard InChI is InChI=1S/2C18H15N.2C17H14N2.4C4H5N3/c1-14-12-17(15-8-4-2-5-9-15)13-18(19-14)16-10-6-3-7-11-16;1-14-12-17(15-8-4-2-5-9-15)19-18(13-14)16-10-6-3-7-11-16;1-13-10-14(16-6-2-4-8-18-16)12-15(11-13)17-7-3-5-9-19-17;1-13-18-16(14-8-4-2-5-9-14)12-17(19-13)15-10-6-3-7-11-15;1-4-2-6-7-3-5-4;1-4-2-5-3-6-7-4;1-4-2-5-7-6-3-4;1-4-5-2-3-6-7-4/h2*2-13H,1H3;2*2-12H,1H3;4*2-3H,1H3. The Morgan fingerprint density at radius 1 is 0.212 bits per heavy atom. The number of benzene rings is 7. The van der Waals surface area contributed by atoms with E-state index in [0.29, 0.717) is 5.82 Å². The summed E-state index contributed by atoms with van der Waals surface area (Å²) in [6, 6.07) is 90.6. The van der Waals surface area contributed by atoms with Gasteiger partial charge in [-0.1, -0.05) is 194 Å². The van der Waals surface area contributed by atoms with E-state index in [9.17, 15) is 0 Å². The summed E-state index contributed by atoms with van der Waals surface area (Å²) < 4.78 is 0. The van der Waals surface area contributed by atoms with E-state index in [1.54, 1.807) is 44.1 Å². The number of rotatable bonds is 8. The Morgan fingerprint density at radius 2 is 0.663 bits per heavy atom. The number of nitrogens with zero attached hydrogens (tertiary/aromatic N) is 18. The molecule has 0 aliphatic heterocycles. The highest BCUT2D eigenvalue weighted by molar-refractivity contribution is 5.73. The average Bonchev–Trinajstić information content (AvgIpc) is 0.847. The molecule has 9 aromatic heterocycles. The van der Waals surface area contributed by atoms with Crippen LogP contribution in [0, 0.1) is 55.4 Å². The molecular formula is C86H78N18. The van der Waals surface area contributed by atoms with Crippen LogP contribution in [0.3, 0.4) is 0 Å². The third-order valence-corrected chi connectivity index (χ3v) is 14.7. The lowest BCUT2D eigenvalue weighted by Gasteiger charge is -2.07. The van der Waals surface area contributed by atoms with Crippen molar-refractivity contribution in [2.45, 2.75) is 55.4 Å². The Kier molecular flexibility index (Phi) is 29.3. The lowest BCUT2D eigenvalue weighted by molar-refractivity contribution is 0.853. The number of aryl methyl sites for hydroxylation is 8. The van der Waals surface area contributed by atoms with E-state index >= 15 is 0 Å². The van der Waals surface area contributed by atoms with Crippen molar-refractivity contribution < 1.29 is 0 Å². The fraction of sp³-hybridized carbons (Fsp3) is 0.0930. The van der Waals surface area contributed by atoms with Gasteiger partial charge >= 0.3 is 0 Å². The van der Waals surface area contributed by atoms with Crippen molar-refractivity contribution in [3.8, 4) is 89.9 Å². The summed E-state index contributed by atoms with van der Waals surface area (Å²) in [6.07, 6.45) is 16.2. The molecular weight excluding hydrogens is 1290 g/mol. The Morgan fingerprint density at radius 3 is 1.01 bits per heavy atom. The molecule has 0 unspecified atom stereocenters. The fourth-order valence-electron chi connectivity index (χ4n) is 9.85. The van der Waals surface area contributed by atoms with Crippen LogP contribution in [0.2, 0.25) is 0 Å². The molecule has 0 fully saturated rings. The smallest absolute Gasteiger partial charge is 0.147 e. The van der Waals surface area contributed by atoms with E-state index in [2.05, 4.69) is 227 Å². The normalized spacial score (nSPS) is 9.92. The molecule has 512 valence electrons. The Bertz CT molecular complexity index is 4180. The van der Waals surface area contributed by atoms with Crippen LogP contribution < -0.4 is 0 Å². The van der Waals surface area contributed by atoms with Gasteiger partial charge in [0.25, 0.3) is 0 Å². The summed E-state index contributed by atoms with van der Waals surface area (Å²) in [5.41, 5.74) is 23.7. The van der Waals surface area contributed by atoms with E-state index in [-0.39, 0.29) is 0 Å². The van der Waals surface area contributed by atoms with Crippen LogP contribution in [0.15, 0.2) is 329 Å². The average molecular weight is 1360 g/mol. The van der Waals surface area contributed by atoms with Gasteiger partial charge in [-0.2, -0.15) is 15.3 Å². The van der Waals surface area contributed by atoms with Gasteiger partial charge in [0.1, 0.15) is 24.3 Å². The molecule has 0 aliphatic rings. The summed E-state index contributed by atoms with van der Waals surface area (Å²) in [4.78, 5) is 38.6. The van der Waals surface area contributed by atoms with Crippen LogP contribution in [-0.4, -0.2) is 90.9 Å². The third-order valence-electron chi connectivity index (χ3n) is 14.7. The Hall–Kier alpha value is -13.7. The van der Waals surface area contributed by atoms with E-state index < -0.39 is 0 Å². The van der Waals surface area contributed by atoms with E-state index in [0.717, 1.165) is 107 Å². The SMILES string of the molecule is Cc1cc(-c2ccccc2)cc(-c2ccccc2)n1.Cc1cc(-c2ccccc2)nc(-c2ccccc2)c1.Cc1cc(-c2ccccn2)cc(-c2ccccn2)c1.Cc1cncnn1.Cc1cnncn1.Cc1cnnnc1.Cc1nc(-c2ccccc2)cc(-c2ccccc2)n1.Cc1nccnn1. The number of hydrogen-bond acceptors (Lipinski definition) is 18. The van der Waals surface area contributed by atoms with Gasteiger partial charge in [-0.25, -0.2) is 29.9 Å². The summed E-state index contributed by atoms with van der Waals surface area (Å²) in [7, 11) is 0. The van der Waals surface area contributed by atoms with E-state index in [1.807, 2.05) is 187 Å². The lowest BCUT2D eigenvalue weighted by Crippen LogP contribution is -1.94. The minimum atomic E-state index is 0.711. The zero-order valence-corrected chi connectivity index (χ0v) is 59.2. The molecule has 7 aromatic carbocycles. The first-order valence-corrected chi connectivity index (χ1v) is 33.4. The molecule has 16 aromatic rings. The van der Waals surface area contributed by atoms with Gasteiger partial charge < -0.3 is 0 Å². The minimum absolute atomic E-state index is 0.711. The maximum Gasteiger partial charge on any atom is 0.147 e. The first-order valence-electron chi connectivity index (χ1n) is 33.4. The monoisotopic (exact) mass is 1360 g/mol. The summed E-state index contributed by atoms with van der Waals surface area (Å²) in [6.45, 7) is 15.6. The highest BCUT2D eigenvalue weighted by Gasteiger charge is 2.09. The second-order valence-electron chi connectivity index (χ2n) is 23.2. The molecule has 0 atom stereocenters. The van der Waals surface area contributed by atoms with Gasteiger partial charge in [0, 0.05) is 63.2 Å². The molecule has 0 N–H and O–H groups in total. The van der Waals surface area contributed by atoms with Gasteiger partial charge in [-0.15, -0.1) is 25.5 Å². The molecule has 18 nitrogen and oxygen atoms in total. The molecule has 104 heavy (non-hydrogen) atoms. The van der Waals surface area contributed by atoms with Crippen LogP contribution in [-0.2, 0) is 0 Å². The van der Waals surface area contributed by atoms with Crippen LogP contribution in [0.25, 0.3) is 89.9 Å². The van der Waals surface area contributed by atoms with Crippen molar-refractivity contribution >= 4 is 0 Å². The van der Waals surface area contributed by atoms with Crippen molar-refractivity contribution in [2.24, 2.45) is 0 Å². The van der Waals surface area contributed by atoms with Crippen LogP contribution in [0.4, 0.5) is 0 Å². The summed E-state index contributed by atoms with van der Waals surface area (Å²) in [5.74, 6) is 1.50. The van der Waals surface area contributed by atoms with Gasteiger partial charge in [-0.3, -0.25) is 15.0 Å². The predicted octanol–water partition coefficient (Wildman–Crippen LogP) is 18.4. The minimum Gasteiger partial charge on any atom is -0.256 e. The van der Waals surface area contributed by atoms with Crippen molar-refractivity contribution in [1.29, 1.82) is 0 Å². The molecule has 0 amide bonds. The second-order valence-corrected chi connectivity index (χ2v) is 23.2. The van der Waals surface area contributed by atoms with E-state index in [4.69, 9.17) is 4.98 Å². The maximum absolute atomic E-state index is 4.77. The molecule has 0 aliphatic carbocycles. The van der Waals surface area contributed by atoms with Gasteiger partial charge in [-0.05, 0) is 161 Å². The molecule has 18 heteroatoms. The molecule has 0 radical (unpaired) electrons. The highest BCUT2D eigenvalue weighted by atomic mass is 15.3. The first-order chi connectivity index (χ1) is 50.9. The van der Waals surface area contributed by atoms with Crippen LogP contribution >= 0.6 is 0 Å². The molecule has 9 heterocycles. The fourth-order valence-corrected chi connectivity index (χ4v) is 9.85. The molecule has 16 rings (SSSR count). The third kappa shape index (κ3) is 25.5. The van der Waals surface area contributed by atoms with Crippen molar-refractivity contribution in [3.63, 3.8) is 0 Å². The lowest BCUT2D eigenvalue weighted by atomic mass is 10.0.